The zero-order valence-corrected chi connectivity index (χ0v) is 14.1. The third-order valence-corrected chi connectivity index (χ3v) is 4.52. The highest BCUT2D eigenvalue weighted by molar-refractivity contribution is 4.92. The molecule has 3 rings (SSSR count). The van der Waals surface area contributed by atoms with Crippen molar-refractivity contribution < 1.29 is 0 Å². The molecule has 0 atom stereocenters. The minimum Gasteiger partial charge on any atom is -0.322 e. The van der Waals surface area contributed by atoms with Gasteiger partial charge >= 0.3 is 0 Å². The SMILES string of the molecule is CC12CNCCNCC(N)(CNCCNC1)CNCCNC2. The fourth-order valence-electron chi connectivity index (χ4n) is 3.09. The van der Waals surface area contributed by atoms with Crippen LogP contribution in [0.2, 0.25) is 0 Å². The van der Waals surface area contributed by atoms with E-state index in [9.17, 15) is 0 Å². The summed E-state index contributed by atoms with van der Waals surface area (Å²) in [7, 11) is 0. The summed E-state index contributed by atoms with van der Waals surface area (Å²) in [6.07, 6.45) is 0. The first-order valence-electron chi connectivity index (χ1n) is 8.65. The Bertz CT molecular complexity index is 237. The van der Waals surface area contributed by atoms with Crippen LogP contribution in [0.5, 0.6) is 0 Å². The molecular formula is C15H35N7. The van der Waals surface area contributed by atoms with E-state index in [0.29, 0.717) is 0 Å². The Kier molecular flexibility index (Phi) is 7.49. The second-order valence-corrected chi connectivity index (χ2v) is 7.23. The van der Waals surface area contributed by atoms with Gasteiger partial charge in [0.05, 0.1) is 5.54 Å². The molecule has 3 heterocycles. The van der Waals surface area contributed by atoms with E-state index in [1.165, 1.54) is 0 Å². The van der Waals surface area contributed by atoms with Crippen LogP contribution in [0, 0.1) is 5.41 Å². The van der Waals surface area contributed by atoms with Crippen molar-refractivity contribution in [2.24, 2.45) is 11.1 Å². The first-order chi connectivity index (χ1) is 10.6. The van der Waals surface area contributed by atoms with Gasteiger partial charge < -0.3 is 37.6 Å². The Morgan fingerprint density at radius 3 is 1.14 bits per heavy atom. The van der Waals surface area contributed by atoms with Gasteiger partial charge in [-0.3, -0.25) is 0 Å². The summed E-state index contributed by atoms with van der Waals surface area (Å²) in [5.41, 5.74) is 6.55. The first-order valence-corrected chi connectivity index (χ1v) is 8.65. The summed E-state index contributed by atoms with van der Waals surface area (Å²) < 4.78 is 0. The second-order valence-electron chi connectivity index (χ2n) is 7.23. The Hall–Kier alpha value is -0.280. The molecule has 130 valence electrons. The van der Waals surface area contributed by atoms with Crippen molar-refractivity contribution in [1.29, 1.82) is 0 Å². The van der Waals surface area contributed by atoms with E-state index in [0.717, 1.165) is 78.5 Å². The van der Waals surface area contributed by atoms with Crippen molar-refractivity contribution in [3.63, 3.8) is 0 Å². The summed E-state index contributed by atoms with van der Waals surface area (Å²) in [4.78, 5) is 0. The lowest BCUT2D eigenvalue weighted by Gasteiger charge is -2.34. The van der Waals surface area contributed by atoms with Crippen LogP contribution in [0.1, 0.15) is 6.92 Å². The van der Waals surface area contributed by atoms with Crippen molar-refractivity contribution in [2.45, 2.75) is 12.5 Å². The Balaban J connectivity index is 2.03. The highest BCUT2D eigenvalue weighted by Gasteiger charge is 2.26. The smallest absolute Gasteiger partial charge is 0.0533 e. The maximum atomic E-state index is 6.57. The number of hydrogen-bond acceptors (Lipinski definition) is 7. The summed E-state index contributed by atoms with van der Waals surface area (Å²) in [5.74, 6) is 0. The van der Waals surface area contributed by atoms with Gasteiger partial charge in [0.1, 0.15) is 0 Å². The molecule has 2 bridgehead atoms. The van der Waals surface area contributed by atoms with Gasteiger partial charge in [0.15, 0.2) is 0 Å². The van der Waals surface area contributed by atoms with Crippen LogP contribution in [-0.2, 0) is 0 Å². The van der Waals surface area contributed by atoms with Gasteiger partial charge in [-0.05, 0) is 0 Å². The zero-order chi connectivity index (χ0) is 15.7. The molecule has 3 aliphatic heterocycles. The van der Waals surface area contributed by atoms with Crippen molar-refractivity contribution in [2.75, 3.05) is 78.5 Å². The highest BCUT2D eigenvalue weighted by atomic mass is 15.1. The molecule has 0 unspecified atom stereocenters. The van der Waals surface area contributed by atoms with E-state index in [1.807, 2.05) is 0 Å². The lowest BCUT2D eigenvalue weighted by atomic mass is 9.90. The van der Waals surface area contributed by atoms with Gasteiger partial charge in [-0.2, -0.15) is 0 Å². The van der Waals surface area contributed by atoms with Crippen LogP contribution in [0.15, 0.2) is 0 Å². The van der Waals surface area contributed by atoms with Crippen LogP contribution in [-0.4, -0.2) is 84.1 Å². The lowest BCUT2D eigenvalue weighted by Crippen LogP contribution is -2.62. The molecule has 3 aliphatic rings. The lowest BCUT2D eigenvalue weighted by molar-refractivity contribution is 0.265. The molecule has 0 aromatic rings. The normalized spacial score (nSPS) is 37.4. The summed E-state index contributed by atoms with van der Waals surface area (Å²) in [6, 6.07) is 0. The molecule has 7 heteroatoms. The van der Waals surface area contributed by atoms with Gasteiger partial charge in [0.2, 0.25) is 0 Å². The van der Waals surface area contributed by atoms with Crippen molar-refractivity contribution in [1.82, 2.24) is 31.9 Å². The Morgan fingerprint density at radius 2 is 0.818 bits per heavy atom. The molecule has 8 N–H and O–H groups in total. The number of nitrogens with two attached hydrogens (primary N) is 1. The van der Waals surface area contributed by atoms with Crippen LogP contribution in [0.25, 0.3) is 0 Å². The third kappa shape index (κ3) is 6.45. The molecule has 0 amide bonds. The quantitative estimate of drug-likeness (QED) is 0.261. The largest absolute Gasteiger partial charge is 0.322 e. The van der Waals surface area contributed by atoms with Crippen LogP contribution in [0.4, 0.5) is 0 Å². The molecule has 0 aromatic heterocycles. The van der Waals surface area contributed by atoms with Crippen LogP contribution in [0.3, 0.4) is 0 Å². The number of rotatable bonds is 0. The first kappa shape index (κ1) is 18.1. The molecule has 0 radical (unpaired) electrons. The van der Waals surface area contributed by atoms with Crippen LogP contribution < -0.4 is 37.6 Å². The molecule has 0 aromatic carbocycles. The zero-order valence-electron chi connectivity index (χ0n) is 14.1. The minimum absolute atomic E-state index is 0.228. The average Bonchev–Trinajstić information content (AvgIpc) is 2.49. The van der Waals surface area contributed by atoms with Gasteiger partial charge in [-0.1, -0.05) is 6.92 Å². The van der Waals surface area contributed by atoms with Crippen molar-refractivity contribution in [3.05, 3.63) is 0 Å². The third-order valence-electron chi connectivity index (χ3n) is 4.52. The van der Waals surface area contributed by atoms with Gasteiger partial charge in [-0.15, -0.1) is 0 Å². The van der Waals surface area contributed by atoms with Crippen LogP contribution >= 0.6 is 0 Å². The maximum Gasteiger partial charge on any atom is 0.0533 e. The van der Waals surface area contributed by atoms with E-state index in [-0.39, 0.29) is 11.0 Å². The van der Waals surface area contributed by atoms with Gasteiger partial charge in [0.25, 0.3) is 0 Å². The number of fused-ring (bicyclic) bond motifs is 15. The van der Waals surface area contributed by atoms with Gasteiger partial charge in [0, 0.05) is 84.0 Å². The topological polar surface area (TPSA) is 98.2 Å². The number of nitrogens with one attached hydrogen (secondary N) is 6. The molecule has 0 spiro atoms. The standard InChI is InChI=1S/C15H35N7/c1-14-8-17-2-5-20-11-15(16,12-21-6-3-18-9-14)13-22-7-4-19-10-14/h17-22H,2-13,16H2,1H3. The fraction of sp³-hybridized carbons (Fsp3) is 1.00. The van der Waals surface area contributed by atoms with E-state index in [2.05, 4.69) is 38.8 Å². The monoisotopic (exact) mass is 313 g/mol. The second kappa shape index (κ2) is 9.12. The molecule has 3 fully saturated rings. The molecule has 0 aliphatic carbocycles. The predicted molar refractivity (Wildman–Crippen MR) is 92.2 cm³/mol. The summed E-state index contributed by atoms with van der Waals surface area (Å²) in [6.45, 7) is 13.7. The maximum absolute atomic E-state index is 6.57. The predicted octanol–water partition coefficient (Wildman–Crippen LogP) is -2.74. The van der Waals surface area contributed by atoms with E-state index < -0.39 is 0 Å². The minimum atomic E-state index is -0.247. The molecule has 22 heavy (non-hydrogen) atoms. The molecular weight excluding hydrogens is 278 g/mol. The average molecular weight is 313 g/mol. The van der Waals surface area contributed by atoms with Gasteiger partial charge in [-0.25, -0.2) is 0 Å². The number of hydrogen-bond donors (Lipinski definition) is 7. The fourth-order valence-corrected chi connectivity index (χ4v) is 3.09. The molecule has 0 saturated carbocycles. The van der Waals surface area contributed by atoms with Crippen molar-refractivity contribution in [3.8, 4) is 0 Å². The Morgan fingerprint density at radius 1 is 0.545 bits per heavy atom. The summed E-state index contributed by atoms with van der Waals surface area (Å²) >= 11 is 0. The summed E-state index contributed by atoms with van der Waals surface area (Å²) in [5, 5.41) is 21.3. The molecule has 3 saturated heterocycles. The molecule has 7 nitrogen and oxygen atoms in total. The van der Waals surface area contributed by atoms with E-state index in [1.54, 1.807) is 0 Å². The van der Waals surface area contributed by atoms with E-state index in [4.69, 9.17) is 5.73 Å². The van der Waals surface area contributed by atoms with E-state index >= 15 is 0 Å². The Labute approximate surface area is 134 Å². The van der Waals surface area contributed by atoms with Crippen molar-refractivity contribution >= 4 is 0 Å². The highest BCUT2D eigenvalue weighted by Crippen LogP contribution is 2.12.